The number of hydrogen-bond acceptors (Lipinski definition) is 3. The zero-order valence-corrected chi connectivity index (χ0v) is 10.5. The number of rotatable bonds is 7. The molecule has 1 rings (SSSR count). The van der Waals surface area contributed by atoms with Gasteiger partial charge < -0.3 is 15.4 Å². The Bertz CT molecular complexity index is 353. The first kappa shape index (κ1) is 13.5. The van der Waals surface area contributed by atoms with E-state index in [0.717, 1.165) is 17.9 Å². The molecule has 1 aromatic carbocycles. The van der Waals surface area contributed by atoms with E-state index in [1.165, 1.54) is 0 Å². The van der Waals surface area contributed by atoms with Crippen molar-refractivity contribution in [3.05, 3.63) is 29.8 Å². The summed E-state index contributed by atoms with van der Waals surface area (Å²) in [6, 6.07) is 7.96. The topological polar surface area (TPSA) is 50.4 Å². The van der Waals surface area contributed by atoms with Gasteiger partial charge in [-0.15, -0.1) is 0 Å². The number of amides is 1. The highest BCUT2D eigenvalue weighted by Crippen LogP contribution is 2.12. The van der Waals surface area contributed by atoms with Crippen LogP contribution in [0.15, 0.2) is 24.3 Å². The summed E-state index contributed by atoms with van der Waals surface area (Å²) in [7, 11) is 1.65. The van der Waals surface area contributed by atoms with E-state index >= 15 is 0 Å². The molecule has 0 atom stereocenters. The van der Waals surface area contributed by atoms with Crippen LogP contribution >= 0.6 is 0 Å². The summed E-state index contributed by atoms with van der Waals surface area (Å²) in [6.07, 6.45) is 0.502. The molecule has 0 radical (unpaired) electrons. The molecule has 0 fully saturated rings. The monoisotopic (exact) mass is 236 g/mol. The van der Waals surface area contributed by atoms with Crippen LogP contribution in [0.5, 0.6) is 5.75 Å². The molecule has 0 aliphatic heterocycles. The number of carbonyl (C=O) groups excluding carboxylic acids is 1. The fourth-order valence-corrected chi connectivity index (χ4v) is 1.47. The van der Waals surface area contributed by atoms with Crippen LogP contribution in [0.1, 0.15) is 18.9 Å². The van der Waals surface area contributed by atoms with Gasteiger partial charge in [-0.2, -0.15) is 0 Å². The van der Waals surface area contributed by atoms with Crippen molar-refractivity contribution in [2.45, 2.75) is 19.9 Å². The molecule has 0 aromatic heterocycles. The summed E-state index contributed by atoms with van der Waals surface area (Å²) >= 11 is 0. The third-order valence-corrected chi connectivity index (χ3v) is 2.35. The molecular formula is C13H20N2O2. The Labute approximate surface area is 102 Å². The summed E-state index contributed by atoms with van der Waals surface area (Å²) in [5.41, 5.74) is 1.16. The lowest BCUT2D eigenvalue weighted by atomic mass is 10.2. The molecular weight excluding hydrogens is 216 g/mol. The third kappa shape index (κ3) is 5.36. The molecule has 0 saturated heterocycles. The van der Waals surface area contributed by atoms with Crippen LogP contribution in [-0.4, -0.2) is 26.1 Å². The summed E-state index contributed by atoms with van der Waals surface area (Å²) in [5.74, 6) is 0.943. The minimum Gasteiger partial charge on any atom is -0.494 e. The molecule has 1 aromatic rings. The first-order valence-electron chi connectivity index (χ1n) is 5.89. The van der Waals surface area contributed by atoms with Gasteiger partial charge in [0.25, 0.3) is 0 Å². The van der Waals surface area contributed by atoms with Gasteiger partial charge in [0.15, 0.2) is 0 Å². The van der Waals surface area contributed by atoms with Crippen molar-refractivity contribution in [2.24, 2.45) is 0 Å². The smallest absolute Gasteiger partial charge is 0.221 e. The quantitative estimate of drug-likeness (QED) is 0.702. The highest BCUT2D eigenvalue weighted by molar-refractivity contribution is 5.75. The number of hydrogen-bond donors (Lipinski definition) is 2. The van der Waals surface area contributed by atoms with E-state index in [1.54, 1.807) is 7.05 Å². The number of nitrogens with one attached hydrogen (secondary N) is 2. The van der Waals surface area contributed by atoms with E-state index in [1.807, 2.05) is 31.2 Å². The normalized spacial score (nSPS) is 10.0. The predicted molar refractivity (Wildman–Crippen MR) is 68.0 cm³/mol. The van der Waals surface area contributed by atoms with E-state index in [9.17, 15) is 4.79 Å². The number of ether oxygens (including phenoxy) is 1. The molecule has 17 heavy (non-hydrogen) atoms. The van der Waals surface area contributed by atoms with Gasteiger partial charge >= 0.3 is 0 Å². The van der Waals surface area contributed by atoms with Crippen LogP contribution in [0.2, 0.25) is 0 Å². The number of benzene rings is 1. The van der Waals surface area contributed by atoms with E-state index in [4.69, 9.17) is 4.74 Å². The molecule has 0 saturated carbocycles. The van der Waals surface area contributed by atoms with Gasteiger partial charge in [-0.05, 0) is 24.6 Å². The lowest BCUT2D eigenvalue weighted by Gasteiger charge is -2.07. The molecule has 4 nitrogen and oxygen atoms in total. The zero-order chi connectivity index (χ0) is 12.5. The second kappa shape index (κ2) is 7.68. The largest absolute Gasteiger partial charge is 0.494 e. The Hall–Kier alpha value is -1.55. The molecule has 0 heterocycles. The molecule has 0 unspecified atom stereocenters. The minimum absolute atomic E-state index is 0.0561. The van der Waals surface area contributed by atoms with Gasteiger partial charge in [-0.1, -0.05) is 12.1 Å². The van der Waals surface area contributed by atoms with Crippen LogP contribution in [0, 0.1) is 0 Å². The molecule has 94 valence electrons. The van der Waals surface area contributed by atoms with Crippen LogP contribution in [0.4, 0.5) is 0 Å². The van der Waals surface area contributed by atoms with Crippen LogP contribution < -0.4 is 15.4 Å². The molecule has 1 amide bonds. The van der Waals surface area contributed by atoms with Crippen molar-refractivity contribution in [3.63, 3.8) is 0 Å². The molecule has 0 bridgehead atoms. The van der Waals surface area contributed by atoms with Crippen molar-refractivity contribution in [3.8, 4) is 5.75 Å². The van der Waals surface area contributed by atoms with Crippen molar-refractivity contribution >= 4 is 5.91 Å². The zero-order valence-electron chi connectivity index (χ0n) is 10.5. The predicted octanol–water partition coefficient (Wildman–Crippen LogP) is 1.31. The average molecular weight is 236 g/mol. The lowest BCUT2D eigenvalue weighted by Crippen LogP contribution is -2.24. The van der Waals surface area contributed by atoms with E-state index in [2.05, 4.69) is 10.6 Å². The van der Waals surface area contributed by atoms with Crippen molar-refractivity contribution < 1.29 is 9.53 Å². The molecule has 4 heteroatoms. The third-order valence-electron chi connectivity index (χ3n) is 2.35. The van der Waals surface area contributed by atoms with Crippen LogP contribution in [0.25, 0.3) is 0 Å². The first-order valence-corrected chi connectivity index (χ1v) is 5.89. The van der Waals surface area contributed by atoms with Gasteiger partial charge in [0.05, 0.1) is 6.61 Å². The van der Waals surface area contributed by atoms with E-state index in [0.29, 0.717) is 19.6 Å². The average Bonchev–Trinajstić information content (AvgIpc) is 2.35. The van der Waals surface area contributed by atoms with Gasteiger partial charge in [0.2, 0.25) is 5.91 Å². The Morgan fingerprint density at radius 3 is 2.94 bits per heavy atom. The fourth-order valence-electron chi connectivity index (χ4n) is 1.47. The fraction of sp³-hybridized carbons (Fsp3) is 0.462. The Morgan fingerprint density at radius 2 is 2.24 bits per heavy atom. The van der Waals surface area contributed by atoms with Crippen LogP contribution in [-0.2, 0) is 11.3 Å². The molecule has 0 aliphatic carbocycles. The SMILES string of the molecule is CCOc1cccc(CNCCC(=O)NC)c1. The molecule has 0 spiro atoms. The Balaban J connectivity index is 2.31. The maximum absolute atomic E-state index is 11.0. The highest BCUT2D eigenvalue weighted by atomic mass is 16.5. The second-order valence-corrected chi connectivity index (χ2v) is 3.68. The Morgan fingerprint density at radius 1 is 1.41 bits per heavy atom. The van der Waals surface area contributed by atoms with Crippen molar-refractivity contribution in [1.29, 1.82) is 0 Å². The lowest BCUT2D eigenvalue weighted by molar-refractivity contribution is -0.120. The van der Waals surface area contributed by atoms with Gasteiger partial charge in [-0.3, -0.25) is 4.79 Å². The minimum atomic E-state index is 0.0561. The van der Waals surface area contributed by atoms with E-state index in [-0.39, 0.29) is 5.91 Å². The highest BCUT2D eigenvalue weighted by Gasteiger charge is 1.98. The standard InChI is InChI=1S/C13H20N2O2/c1-3-17-12-6-4-5-11(9-12)10-15-8-7-13(16)14-2/h4-6,9,15H,3,7-8,10H2,1-2H3,(H,14,16). The Kier molecular flexibility index (Phi) is 6.10. The molecule has 2 N–H and O–H groups in total. The first-order chi connectivity index (χ1) is 8.26. The van der Waals surface area contributed by atoms with Crippen molar-refractivity contribution in [2.75, 3.05) is 20.2 Å². The van der Waals surface area contributed by atoms with E-state index < -0.39 is 0 Å². The summed E-state index contributed by atoms with van der Waals surface area (Å²) in [5, 5.41) is 5.81. The molecule has 0 aliphatic rings. The second-order valence-electron chi connectivity index (χ2n) is 3.68. The van der Waals surface area contributed by atoms with Crippen molar-refractivity contribution in [1.82, 2.24) is 10.6 Å². The summed E-state index contributed by atoms with van der Waals surface area (Å²) in [4.78, 5) is 11.0. The summed E-state index contributed by atoms with van der Waals surface area (Å²) in [6.45, 7) is 4.07. The summed E-state index contributed by atoms with van der Waals surface area (Å²) < 4.78 is 5.42. The van der Waals surface area contributed by atoms with Crippen LogP contribution in [0.3, 0.4) is 0 Å². The maximum Gasteiger partial charge on any atom is 0.221 e. The van der Waals surface area contributed by atoms with Gasteiger partial charge in [0, 0.05) is 26.6 Å². The number of carbonyl (C=O) groups is 1. The maximum atomic E-state index is 11.0. The van der Waals surface area contributed by atoms with Gasteiger partial charge in [0.1, 0.15) is 5.75 Å². The van der Waals surface area contributed by atoms with Gasteiger partial charge in [-0.25, -0.2) is 0 Å².